The van der Waals surface area contributed by atoms with Gasteiger partial charge in [-0.1, -0.05) is 0 Å². The molecule has 2 heterocycles. The SMILES string of the molecule is CCOc1c(CC(N)=O)cc([C@@](O)(CNC(=O)c2cc(OC)c3nn(C4CC4)cc3c2)C2CC2)nc1-c1cc(F)c(F)cc1F. The summed E-state index contributed by atoms with van der Waals surface area (Å²) in [5, 5.41) is 20.2. The number of aliphatic hydroxyl groups is 1. The maximum Gasteiger partial charge on any atom is 0.251 e. The first-order chi connectivity index (χ1) is 21.5. The molecular weight excluding hydrogens is 591 g/mol. The van der Waals surface area contributed by atoms with Crippen LogP contribution in [0.1, 0.15) is 60.3 Å². The highest BCUT2D eigenvalue weighted by molar-refractivity contribution is 6.00. The van der Waals surface area contributed by atoms with Crippen LogP contribution in [-0.4, -0.2) is 51.9 Å². The average molecular weight is 624 g/mol. The molecule has 0 saturated heterocycles. The van der Waals surface area contributed by atoms with Crippen LogP contribution in [0.25, 0.3) is 22.2 Å². The van der Waals surface area contributed by atoms with Crippen molar-refractivity contribution in [2.24, 2.45) is 11.7 Å². The van der Waals surface area contributed by atoms with Gasteiger partial charge in [0, 0.05) is 34.3 Å². The predicted octanol–water partition coefficient (Wildman–Crippen LogP) is 4.31. The number of carbonyl (C=O) groups is 2. The zero-order valence-corrected chi connectivity index (χ0v) is 24.7. The van der Waals surface area contributed by atoms with Gasteiger partial charge in [0.2, 0.25) is 5.91 Å². The van der Waals surface area contributed by atoms with Crippen molar-refractivity contribution >= 4 is 22.7 Å². The molecule has 1 atom stereocenters. The monoisotopic (exact) mass is 623 g/mol. The number of fused-ring (bicyclic) bond motifs is 1. The van der Waals surface area contributed by atoms with Crippen LogP contribution in [-0.2, 0) is 16.8 Å². The summed E-state index contributed by atoms with van der Waals surface area (Å²) in [5.41, 5.74) is 4.12. The molecule has 236 valence electrons. The Labute approximate surface area is 256 Å². The Morgan fingerprint density at radius 3 is 2.47 bits per heavy atom. The molecule has 2 aliphatic carbocycles. The number of hydrogen-bond acceptors (Lipinski definition) is 7. The van der Waals surface area contributed by atoms with Gasteiger partial charge in [0.1, 0.15) is 34.1 Å². The highest BCUT2D eigenvalue weighted by atomic mass is 19.2. The maximum atomic E-state index is 15.1. The minimum absolute atomic E-state index is 0.0112. The molecule has 2 aromatic carbocycles. The summed E-state index contributed by atoms with van der Waals surface area (Å²) in [6.45, 7) is 1.42. The fourth-order valence-corrected chi connectivity index (χ4v) is 5.58. The third-order valence-electron chi connectivity index (χ3n) is 8.18. The number of nitrogens with two attached hydrogens (primary N) is 1. The first-order valence-corrected chi connectivity index (χ1v) is 14.7. The van der Waals surface area contributed by atoms with Crippen molar-refractivity contribution < 1.29 is 37.3 Å². The van der Waals surface area contributed by atoms with E-state index in [-0.39, 0.29) is 53.8 Å². The maximum absolute atomic E-state index is 15.1. The molecule has 13 heteroatoms. The van der Waals surface area contributed by atoms with Crippen LogP contribution < -0.4 is 20.5 Å². The summed E-state index contributed by atoms with van der Waals surface area (Å²) in [6.07, 6.45) is 4.77. The molecule has 0 bridgehead atoms. The molecule has 0 aliphatic heterocycles. The minimum Gasteiger partial charge on any atom is -0.494 e. The van der Waals surface area contributed by atoms with E-state index >= 15 is 4.39 Å². The molecule has 10 nitrogen and oxygen atoms in total. The number of nitrogens with one attached hydrogen (secondary N) is 1. The van der Waals surface area contributed by atoms with E-state index in [1.807, 2.05) is 10.9 Å². The van der Waals surface area contributed by atoms with Gasteiger partial charge in [0.05, 0.1) is 38.4 Å². The molecule has 4 N–H and O–H groups in total. The number of primary amides is 1. The number of aromatic nitrogens is 3. The Kier molecular flexibility index (Phi) is 7.89. The lowest BCUT2D eigenvalue weighted by molar-refractivity contribution is -0.117. The molecule has 0 spiro atoms. The normalized spacial score (nSPS) is 16.0. The number of benzene rings is 2. The lowest BCUT2D eigenvalue weighted by Crippen LogP contribution is -2.43. The lowest BCUT2D eigenvalue weighted by atomic mass is 9.90. The largest absolute Gasteiger partial charge is 0.494 e. The van der Waals surface area contributed by atoms with Crippen molar-refractivity contribution in [3.8, 4) is 22.8 Å². The molecule has 2 amide bonds. The first kappa shape index (κ1) is 30.4. The molecule has 2 fully saturated rings. The van der Waals surface area contributed by atoms with Crippen LogP contribution in [0.3, 0.4) is 0 Å². The lowest BCUT2D eigenvalue weighted by Gasteiger charge is -2.30. The molecular formula is C32H32F3N5O5. The summed E-state index contributed by atoms with van der Waals surface area (Å²) in [5.74, 6) is -5.06. The fraction of sp³-hybridized carbons (Fsp3) is 0.375. The number of ether oxygens (including phenoxy) is 2. The van der Waals surface area contributed by atoms with Crippen molar-refractivity contribution in [3.63, 3.8) is 0 Å². The molecule has 2 aromatic heterocycles. The van der Waals surface area contributed by atoms with Crippen LogP contribution >= 0.6 is 0 Å². The molecule has 6 rings (SSSR count). The summed E-state index contributed by atoms with van der Waals surface area (Å²) < 4.78 is 56.3. The molecule has 0 radical (unpaired) electrons. The quantitative estimate of drug-likeness (QED) is 0.200. The van der Waals surface area contributed by atoms with E-state index in [1.165, 1.54) is 13.2 Å². The van der Waals surface area contributed by atoms with Gasteiger partial charge in [-0.15, -0.1) is 0 Å². The number of amides is 2. The topological polar surface area (TPSA) is 142 Å². The highest BCUT2D eigenvalue weighted by Crippen LogP contribution is 2.47. The number of methoxy groups -OCH3 is 1. The van der Waals surface area contributed by atoms with Crippen LogP contribution in [0.4, 0.5) is 13.2 Å². The number of carbonyl (C=O) groups excluding carboxylic acids is 2. The number of pyridine rings is 1. The van der Waals surface area contributed by atoms with Gasteiger partial charge in [-0.25, -0.2) is 18.2 Å². The predicted molar refractivity (Wildman–Crippen MR) is 157 cm³/mol. The van der Waals surface area contributed by atoms with E-state index in [4.69, 9.17) is 15.2 Å². The number of rotatable bonds is 12. The molecule has 4 aromatic rings. The van der Waals surface area contributed by atoms with Crippen molar-refractivity contribution in [3.05, 3.63) is 70.8 Å². The van der Waals surface area contributed by atoms with E-state index < -0.39 is 40.4 Å². The van der Waals surface area contributed by atoms with Gasteiger partial charge in [-0.3, -0.25) is 14.3 Å². The van der Waals surface area contributed by atoms with E-state index in [0.29, 0.717) is 42.3 Å². The van der Waals surface area contributed by atoms with Gasteiger partial charge in [-0.05, 0) is 62.8 Å². The molecule has 2 aliphatic rings. The van der Waals surface area contributed by atoms with Crippen molar-refractivity contribution in [2.75, 3.05) is 20.3 Å². The Balaban J connectivity index is 1.38. The van der Waals surface area contributed by atoms with Crippen LogP contribution in [0.2, 0.25) is 0 Å². The van der Waals surface area contributed by atoms with E-state index in [2.05, 4.69) is 15.4 Å². The van der Waals surface area contributed by atoms with Crippen LogP contribution in [0.5, 0.6) is 11.5 Å². The third kappa shape index (κ3) is 5.91. The van der Waals surface area contributed by atoms with E-state index in [0.717, 1.165) is 18.2 Å². The zero-order valence-electron chi connectivity index (χ0n) is 24.7. The second-order valence-electron chi connectivity index (χ2n) is 11.5. The van der Waals surface area contributed by atoms with Crippen molar-refractivity contribution in [1.82, 2.24) is 20.1 Å². The smallest absolute Gasteiger partial charge is 0.251 e. The van der Waals surface area contributed by atoms with Crippen LogP contribution in [0, 0.1) is 23.4 Å². The highest BCUT2D eigenvalue weighted by Gasteiger charge is 2.47. The number of halogens is 3. The average Bonchev–Trinajstić information content (AvgIpc) is 3.95. The Morgan fingerprint density at radius 1 is 1.09 bits per heavy atom. The molecule has 45 heavy (non-hydrogen) atoms. The summed E-state index contributed by atoms with van der Waals surface area (Å²) in [4.78, 5) is 30.0. The minimum atomic E-state index is -1.78. The summed E-state index contributed by atoms with van der Waals surface area (Å²) >= 11 is 0. The Hall–Kier alpha value is -4.65. The standard InChI is InChI=1S/C32H32F3N5O5/c1-3-45-30-16(11-27(36)41)10-26(38-29(30)21-12-23(34)24(35)13-22(21)33)32(43,19-4-5-19)15-37-31(42)17-8-18-14-40(20-6-7-20)39-28(18)25(9-17)44-2/h8-10,12-14,19-20,43H,3-7,11,15H2,1-2H3,(H2,36,41)(H,37,42)/t32-/m1/s1. The van der Waals surface area contributed by atoms with Crippen molar-refractivity contribution in [2.45, 2.75) is 50.7 Å². The van der Waals surface area contributed by atoms with Gasteiger partial charge in [0.15, 0.2) is 11.6 Å². The summed E-state index contributed by atoms with van der Waals surface area (Å²) in [6, 6.07) is 6.04. The Morgan fingerprint density at radius 2 is 1.82 bits per heavy atom. The van der Waals surface area contributed by atoms with Gasteiger partial charge in [-0.2, -0.15) is 5.10 Å². The van der Waals surface area contributed by atoms with Gasteiger partial charge < -0.3 is 25.6 Å². The van der Waals surface area contributed by atoms with Gasteiger partial charge in [0.25, 0.3) is 5.91 Å². The summed E-state index contributed by atoms with van der Waals surface area (Å²) in [7, 11) is 1.49. The Bertz CT molecular complexity index is 1820. The zero-order chi connectivity index (χ0) is 32.0. The van der Waals surface area contributed by atoms with E-state index in [9.17, 15) is 23.5 Å². The first-order valence-electron chi connectivity index (χ1n) is 14.7. The van der Waals surface area contributed by atoms with Gasteiger partial charge >= 0.3 is 0 Å². The van der Waals surface area contributed by atoms with E-state index in [1.54, 1.807) is 19.1 Å². The fourth-order valence-electron chi connectivity index (χ4n) is 5.58. The molecule has 0 unspecified atom stereocenters. The van der Waals surface area contributed by atoms with Crippen molar-refractivity contribution in [1.29, 1.82) is 0 Å². The number of hydrogen-bond donors (Lipinski definition) is 3. The second-order valence-corrected chi connectivity index (χ2v) is 11.5. The third-order valence-corrected chi connectivity index (χ3v) is 8.18. The molecule has 2 saturated carbocycles. The van der Waals surface area contributed by atoms with Crippen LogP contribution in [0.15, 0.2) is 36.5 Å². The second kappa shape index (κ2) is 11.7. The number of nitrogens with zero attached hydrogens (tertiary/aromatic N) is 3.